The van der Waals surface area contributed by atoms with Gasteiger partial charge in [0.25, 0.3) is 0 Å². The lowest BCUT2D eigenvalue weighted by molar-refractivity contribution is -0.152. The van der Waals surface area contributed by atoms with Crippen molar-refractivity contribution in [1.29, 1.82) is 0 Å². The van der Waals surface area contributed by atoms with E-state index in [4.69, 9.17) is 4.74 Å². The van der Waals surface area contributed by atoms with Gasteiger partial charge in [-0.05, 0) is 0 Å². The van der Waals surface area contributed by atoms with Crippen molar-refractivity contribution in [1.82, 2.24) is 10.6 Å². The fourth-order valence-corrected chi connectivity index (χ4v) is 0.680. The van der Waals surface area contributed by atoms with Crippen LogP contribution in [0.1, 0.15) is 0 Å². The van der Waals surface area contributed by atoms with Crippen molar-refractivity contribution in [3.63, 3.8) is 0 Å². The average molecular weight is 218 g/mol. The standard InChI is InChI=1S/C8H14N2O5/c1-14-4-3-9-6(11)5-10-7(12)8(13)15-2/h3-5H2,1-2H3,(H,9,11)(H,10,12). The quantitative estimate of drug-likeness (QED) is 0.317. The molecule has 0 radical (unpaired) electrons. The van der Waals surface area contributed by atoms with Crippen LogP contribution in [0.2, 0.25) is 0 Å². The lowest BCUT2D eigenvalue weighted by Crippen LogP contribution is -2.41. The number of carbonyl (C=O) groups excluding carboxylic acids is 3. The topological polar surface area (TPSA) is 93.7 Å². The second-order valence-corrected chi connectivity index (χ2v) is 2.52. The van der Waals surface area contributed by atoms with Gasteiger partial charge in [0.1, 0.15) is 0 Å². The lowest BCUT2D eigenvalue weighted by atomic mass is 10.5. The first-order valence-corrected chi connectivity index (χ1v) is 4.23. The van der Waals surface area contributed by atoms with Crippen molar-refractivity contribution in [3.8, 4) is 0 Å². The Balaban J connectivity index is 3.62. The largest absolute Gasteiger partial charge is 0.462 e. The van der Waals surface area contributed by atoms with Crippen LogP contribution in [0.15, 0.2) is 0 Å². The van der Waals surface area contributed by atoms with Gasteiger partial charge in [0.15, 0.2) is 0 Å². The van der Waals surface area contributed by atoms with Crippen LogP contribution in [0.5, 0.6) is 0 Å². The maximum Gasteiger partial charge on any atom is 0.396 e. The molecule has 15 heavy (non-hydrogen) atoms. The van der Waals surface area contributed by atoms with Crippen LogP contribution in [0.25, 0.3) is 0 Å². The first kappa shape index (κ1) is 13.4. The Labute approximate surface area is 87.1 Å². The van der Waals surface area contributed by atoms with Gasteiger partial charge in [0, 0.05) is 13.7 Å². The van der Waals surface area contributed by atoms with E-state index in [2.05, 4.69) is 15.4 Å². The average Bonchev–Trinajstić information content (AvgIpc) is 2.25. The SMILES string of the molecule is COCCNC(=O)CNC(=O)C(=O)OC. The summed E-state index contributed by atoms with van der Waals surface area (Å²) in [7, 11) is 2.59. The van der Waals surface area contributed by atoms with Crippen LogP contribution in [0, 0.1) is 0 Å². The van der Waals surface area contributed by atoms with E-state index in [-0.39, 0.29) is 6.54 Å². The molecule has 0 saturated heterocycles. The van der Waals surface area contributed by atoms with E-state index in [9.17, 15) is 14.4 Å². The molecule has 0 unspecified atom stereocenters. The van der Waals surface area contributed by atoms with E-state index in [1.165, 1.54) is 7.11 Å². The van der Waals surface area contributed by atoms with Crippen molar-refractivity contribution in [2.75, 3.05) is 33.9 Å². The molecule has 0 rings (SSSR count). The molecule has 0 bridgehead atoms. The summed E-state index contributed by atoms with van der Waals surface area (Å²) in [6.45, 7) is 0.470. The third-order valence-corrected chi connectivity index (χ3v) is 1.41. The minimum absolute atomic E-state index is 0.266. The van der Waals surface area contributed by atoms with Crippen LogP contribution in [0.3, 0.4) is 0 Å². The van der Waals surface area contributed by atoms with Crippen LogP contribution in [-0.2, 0) is 23.9 Å². The second-order valence-electron chi connectivity index (χ2n) is 2.52. The highest BCUT2D eigenvalue weighted by molar-refractivity contribution is 6.32. The molecular weight excluding hydrogens is 204 g/mol. The minimum Gasteiger partial charge on any atom is -0.462 e. The van der Waals surface area contributed by atoms with Gasteiger partial charge < -0.3 is 20.1 Å². The molecule has 0 aliphatic carbocycles. The number of esters is 1. The van der Waals surface area contributed by atoms with E-state index >= 15 is 0 Å². The van der Waals surface area contributed by atoms with Crippen molar-refractivity contribution in [2.24, 2.45) is 0 Å². The lowest BCUT2D eigenvalue weighted by Gasteiger charge is -2.05. The maximum absolute atomic E-state index is 11.0. The van der Waals surface area contributed by atoms with Crippen LogP contribution < -0.4 is 10.6 Å². The van der Waals surface area contributed by atoms with Gasteiger partial charge in [-0.1, -0.05) is 0 Å². The predicted molar refractivity (Wildman–Crippen MR) is 49.9 cm³/mol. The number of nitrogens with one attached hydrogen (secondary N) is 2. The molecule has 0 spiro atoms. The molecule has 0 atom stereocenters. The van der Waals surface area contributed by atoms with Crippen LogP contribution in [0.4, 0.5) is 0 Å². The zero-order valence-electron chi connectivity index (χ0n) is 8.66. The Morgan fingerprint density at radius 1 is 1.13 bits per heavy atom. The van der Waals surface area contributed by atoms with Gasteiger partial charge >= 0.3 is 11.9 Å². The smallest absolute Gasteiger partial charge is 0.396 e. The van der Waals surface area contributed by atoms with Crippen molar-refractivity contribution in [2.45, 2.75) is 0 Å². The molecule has 86 valence electrons. The molecule has 0 saturated carbocycles. The second kappa shape index (κ2) is 7.74. The van der Waals surface area contributed by atoms with E-state index in [1.807, 2.05) is 0 Å². The Bertz CT molecular complexity index is 241. The monoisotopic (exact) mass is 218 g/mol. The highest BCUT2D eigenvalue weighted by Crippen LogP contribution is 1.74. The molecule has 2 amide bonds. The molecule has 0 aromatic heterocycles. The number of methoxy groups -OCH3 is 2. The number of ether oxygens (including phenoxy) is 2. The van der Waals surface area contributed by atoms with E-state index in [0.717, 1.165) is 7.11 Å². The molecule has 2 N–H and O–H groups in total. The van der Waals surface area contributed by atoms with Gasteiger partial charge in [-0.25, -0.2) is 4.79 Å². The maximum atomic E-state index is 11.0. The Kier molecular flexibility index (Phi) is 6.90. The molecule has 0 aliphatic rings. The highest BCUT2D eigenvalue weighted by Gasteiger charge is 2.13. The van der Waals surface area contributed by atoms with Gasteiger partial charge in [0.2, 0.25) is 5.91 Å². The first-order valence-electron chi connectivity index (χ1n) is 4.23. The molecule has 0 heterocycles. The van der Waals surface area contributed by atoms with E-state index in [1.54, 1.807) is 0 Å². The highest BCUT2D eigenvalue weighted by atomic mass is 16.5. The molecule has 0 aromatic carbocycles. The Morgan fingerprint density at radius 3 is 2.33 bits per heavy atom. The Hall–Kier alpha value is -1.63. The summed E-state index contributed by atoms with van der Waals surface area (Å²) in [5, 5.41) is 4.56. The number of carbonyl (C=O) groups is 3. The van der Waals surface area contributed by atoms with Crippen molar-refractivity contribution < 1.29 is 23.9 Å². The van der Waals surface area contributed by atoms with Crippen LogP contribution >= 0.6 is 0 Å². The third kappa shape index (κ3) is 6.44. The van der Waals surface area contributed by atoms with Crippen molar-refractivity contribution >= 4 is 17.8 Å². The van der Waals surface area contributed by atoms with E-state index in [0.29, 0.717) is 13.2 Å². The predicted octanol–water partition coefficient (Wildman–Crippen LogP) is -1.96. The molecule has 0 aromatic rings. The van der Waals surface area contributed by atoms with Gasteiger partial charge in [-0.3, -0.25) is 9.59 Å². The van der Waals surface area contributed by atoms with Gasteiger partial charge in [0.05, 0.1) is 20.3 Å². The zero-order valence-corrected chi connectivity index (χ0v) is 8.66. The van der Waals surface area contributed by atoms with Gasteiger partial charge in [-0.15, -0.1) is 0 Å². The molecule has 0 aliphatic heterocycles. The first-order chi connectivity index (χ1) is 7.11. The summed E-state index contributed by atoms with van der Waals surface area (Å²) in [6, 6.07) is 0. The van der Waals surface area contributed by atoms with Crippen molar-refractivity contribution in [3.05, 3.63) is 0 Å². The summed E-state index contributed by atoms with van der Waals surface area (Å²) in [5.74, 6) is -2.37. The number of rotatable bonds is 5. The molecular formula is C8H14N2O5. The number of amides is 2. The van der Waals surface area contributed by atoms with Crippen LogP contribution in [-0.4, -0.2) is 51.7 Å². The normalized spacial score (nSPS) is 9.20. The molecule has 7 heteroatoms. The van der Waals surface area contributed by atoms with Gasteiger partial charge in [-0.2, -0.15) is 0 Å². The van der Waals surface area contributed by atoms with E-state index < -0.39 is 17.8 Å². The summed E-state index contributed by atoms with van der Waals surface area (Å²) in [6.07, 6.45) is 0. The Morgan fingerprint density at radius 2 is 1.80 bits per heavy atom. The number of hydrogen-bond acceptors (Lipinski definition) is 5. The third-order valence-electron chi connectivity index (χ3n) is 1.41. The fraction of sp³-hybridized carbons (Fsp3) is 0.625. The zero-order chi connectivity index (χ0) is 11.7. The molecule has 0 fully saturated rings. The minimum atomic E-state index is -1.03. The molecule has 7 nitrogen and oxygen atoms in total. The fourth-order valence-electron chi connectivity index (χ4n) is 0.680. The summed E-state index contributed by atoms with van der Waals surface area (Å²) >= 11 is 0. The summed E-state index contributed by atoms with van der Waals surface area (Å²) in [4.78, 5) is 32.4. The number of hydrogen-bond donors (Lipinski definition) is 2. The summed E-state index contributed by atoms with van der Waals surface area (Å²) < 4.78 is 8.84. The summed E-state index contributed by atoms with van der Waals surface area (Å²) in [5.41, 5.74) is 0.